The van der Waals surface area contributed by atoms with Crippen LogP contribution >= 0.6 is 0 Å². The van der Waals surface area contributed by atoms with E-state index in [1.807, 2.05) is 19.9 Å². The quantitative estimate of drug-likeness (QED) is 0.889. The van der Waals surface area contributed by atoms with E-state index >= 15 is 0 Å². The molecule has 2 atom stereocenters. The van der Waals surface area contributed by atoms with Gasteiger partial charge in [0.05, 0.1) is 12.3 Å². The van der Waals surface area contributed by atoms with Crippen molar-refractivity contribution < 1.29 is 13.2 Å². The summed E-state index contributed by atoms with van der Waals surface area (Å²) in [4.78, 5) is 0. The third-order valence-corrected chi connectivity index (χ3v) is 2.90. The van der Waals surface area contributed by atoms with Crippen LogP contribution in [0.25, 0.3) is 0 Å². The maximum absolute atomic E-state index is 13.6. The second-order valence-electron chi connectivity index (χ2n) is 4.29. The number of rotatable bonds is 4. The predicted molar refractivity (Wildman–Crippen MR) is 65.0 cm³/mol. The molecule has 1 heterocycles. The summed E-state index contributed by atoms with van der Waals surface area (Å²) >= 11 is 0. The summed E-state index contributed by atoms with van der Waals surface area (Å²) < 4.78 is 31.7. The van der Waals surface area contributed by atoms with Crippen LogP contribution in [0.5, 0.6) is 0 Å². The van der Waals surface area contributed by atoms with Crippen molar-refractivity contribution in [2.45, 2.75) is 25.9 Å². The van der Waals surface area contributed by atoms with E-state index in [1.54, 1.807) is 12.3 Å². The van der Waals surface area contributed by atoms with Gasteiger partial charge in [0.25, 0.3) is 0 Å². The summed E-state index contributed by atoms with van der Waals surface area (Å²) in [6.07, 6.45) is 1.59. The van der Waals surface area contributed by atoms with Crippen molar-refractivity contribution in [3.63, 3.8) is 0 Å². The lowest BCUT2D eigenvalue weighted by atomic mass is 10.1. The zero-order valence-electron chi connectivity index (χ0n) is 10.3. The summed E-state index contributed by atoms with van der Waals surface area (Å²) in [6.45, 7) is 3.76. The molecule has 0 saturated carbocycles. The van der Waals surface area contributed by atoms with Crippen molar-refractivity contribution in [1.82, 2.24) is 5.32 Å². The molecule has 0 spiro atoms. The maximum atomic E-state index is 13.6. The van der Waals surface area contributed by atoms with Crippen LogP contribution in [-0.2, 0) is 0 Å². The zero-order valence-corrected chi connectivity index (χ0v) is 10.3. The van der Waals surface area contributed by atoms with Gasteiger partial charge in [-0.15, -0.1) is 0 Å². The average Bonchev–Trinajstić information content (AvgIpc) is 2.81. The molecule has 96 valence electrons. The summed E-state index contributed by atoms with van der Waals surface area (Å²) in [5.41, 5.74) is 0.440. The van der Waals surface area contributed by atoms with Gasteiger partial charge < -0.3 is 9.73 Å². The molecular formula is C14H15F2NO. The molecule has 4 heteroatoms. The van der Waals surface area contributed by atoms with Crippen LogP contribution in [0.1, 0.15) is 37.3 Å². The molecule has 2 aromatic rings. The predicted octanol–water partition coefficient (Wildman–Crippen LogP) is 3.97. The Bertz CT molecular complexity index is 511. The fourth-order valence-corrected chi connectivity index (χ4v) is 1.94. The molecule has 0 fully saturated rings. The topological polar surface area (TPSA) is 25.2 Å². The van der Waals surface area contributed by atoms with Crippen LogP contribution in [0.4, 0.5) is 8.78 Å². The Balaban J connectivity index is 2.10. The van der Waals surface area contributed by atoms with Crippen LogP contribution in [0.15, 0.2) is 41.0 Å². The minimum absolute atomic E-state index is 0.0422. The van der Waals surface area contributed by atoms with Crippen molar-refractivity contribution in [1.29, 1.82) is 0 Å². The SMILES string of the molecule is CC(N[C@H](C)c1ccco1)c1ccc(F)cc1F. The number of nitrogens with one attached hydrogen (secondary N) is 1. The minimum atomic E-state index is -0.567. The van der Waals surface area contributed by atoms with Crippen molar-refractivity contribution in [3.05, 3.63) is 59.6 Å². The van der Waals surface area contributed by atoms with Crippen molar-refractivity contribution in [2.75, 3.05) is 0 Å². The van der Waals surface area contributed by atoms with Gasteiger partial charge in [-0.3, -0.25) is 0 Å². The maximum Gasteiger partial charge on any atom is 0.130 e. The Kier molecular flexibility index (Phi) is 3.77. The number of hydrogen-bond acceptors (Lipinski definition) is 2. The van der Waals surface area contributed by atoms with E-state index in [-0.39, 0.29) is 12.1 Å². The van der Waals surface area contributed by atoms with Crippen LogP contribution in [0.3, 0.4) is 0 Å². The van der Waals surface area contributed by atoms with Crippen LogP contribution in [0.2, 0.25) is 0 Å². The smallest absolute Gasteiger partial charge is 0.130 e. The number of hydrogen-bond donors (Lipinski definition) is 1. The fraction of sp³-hybridized carbons (Fsp3) is 0.286. The molecule has 1 aromatic carbocycles. The molecule has 1 aromatic heterocycles. The second-order valence-corrected chi connectivity index (χ2v) is 4.29. The lowest BCUT2D eigenvalue weighted by Gasteiger charge is -2.19. The van der Waals surface area contributed by atoms with Gasteiger partial charge in [0.1, 0.15) is 17.4 Å². The molecule has 18 heavy (non-hydrogen) atoms. The van der Waals surface area contributed by atoms with E-state index < -0.39 is 11.6 Å². The van der Waals surface area contributed by atoms with Crippen molar-refractivity contribution in [2.24, 2.45) is 0 Å². The Labute approximate surface area is 105 Å². The molecule has 0 bridgehead atoms. The molecule has 1 unspecified atom stereocenters. The van der Waals surface area contributed by atoms with Gasteiger partial charge >= 0.3 is 0 Å². The monoisotopic (exact) mass is 251 g/mol. The van der Waals surface area contributed by atoms with Crippen LogP contribution in [0, 0.1) is 11.6 Å². The number of benzene rings is 1. The first-order valence-electron chi connectivity index (χ1n) is 5.82. The summed E-state index contributed by atoms with van der Waals surface area (Å²) in [6, 6.07) is 6.99. The highest BCUT2D eigenvalue weighted by Crippen LogP contribution is 2.22. The fourth-order valence-electron chi connectivity index (χ4n) is 1.94. The molecule has 0 saturated heterocycles. The van der Waals surface area contributed by atoms with Gasteiger partial charge in [-0.05, 0) is 32.0 Å². The van der Waals surface area contributed by atoms with Gasteiger partial charge in [0, 0.05) is 17.7 Å². The molecule has 2 rings (SSSR count). The summed E-state index contributed by atoms with van der Waals surface area (Å²) in [7, 11) is 0. The largest absolute Gasteiger partial charge is 0.468 e. The number of furan rings is 1. The Morgan fingerprint density at radius 1 is 1.11 bits per heavy atom. The lowest BCUT2D eigenvalue weighted by molar-refractivity contribution is 0.397. The third-order valence-electron chi connectivity index (χ3n) is 2.90. The highest BCUT2D eigenvalue weighted by atomic mass is 19.1. The lowest BCUT2D eigenvalue weighted by Crippen LogP contribution is -2.23. The van der Waals surface area contributed by atoms with Gasteiger partial charge in [0.15, 0.2) is 0 Å². The van der Waals surface area contributed by atoms with E-state index in [0.29, 0.717) is 5.56 Å². The van der Waals surface area contributed by atoms with E-state index in [2.05, 4.69) is 5.32 Å². The number of halogens is 2. The standard InChI is InChI=1S/C14H15F2NO/c1-9(12-6-5-11(15)8-13(12)16)17-10(2)14-4-3-7-18-14/h3-10,17H,1-2H3/t9?,10-/m1/s1. The van der Waals surface area contributed by atoms with Crippen LogP contribution in [-0.4, -0.2) is 0 Å². The molecule has 0 amide bonds. The van der Waals surface area contributed by atoms with Gasteiger partial charge in [-0.2, -0.15) is 0 Å². The Morgan fingerprint density at radius 2 is 1.89 bits per heavy atom. The normalized spacial score (nSPS) is 14.4. The van der Waals surface area contributed by atoms with E-state index in [0.717, 1.165) is 11.8 Å². The average molecular weight is 251 g/mol. The van der Waals surface area contributed by atoms with Crippen molar-refractivity contribution >= 4 is 0 Å². The molecule has 0 radical (unpaired) electrons. The molecule has 0 aliphatic carbocycles. The first-order valence-corrected chi connectivity index (χ1v) is 5.82. The van der Waals surface area contributed by atoms with Gasteiger partial charge in [0.2, 0.25) is 0 Å². The van der Waals surface area contributed by atoms with E-state index in [4.69, 9.17) is 4.42 Å². The van der Waals surface area contributed by atoms with E-state index in [1.165, 1.54) is 12.1 Å². The molecule has 0 aliphatic heterocycles. The minimum Gasteiger partial charge on any atom is -0.468 e. The first-order chi connectivity index (χ1) is 8.58. The summed E-state index contributed by atoms with van der Waals surface area (Å²) in [5.74, 6) is -0.325. The summed E-state index contributed by atoms with van der Waals surface area (Å²) in [5, 5.41) is 3.20. The Morgan fingerprint density at radius 3 is 2.50 bits per heavy atom. The van der Waals surface area contributed by atoms with Crippen LogP contribution < -0.4 is 5.32 Å². The van der Waals surface area contributed by atoms with E-state index in [9.17, 15) is 8.78 Å². The molecular weight excluding hydrogens is 236 g/mol. The Hall–Kier alpha value is -1.68. The highest BCUT2D eigenvalue weighted by molar-refractivity contribution is 5.22. The molecule has 0 aliphatic rings. The third kappa shape index (κ3) is 2.76. The van der Waals surface area contributed by atoms with Gasteiger partial charge in [-0.25, -0.2) is 8.78 Å². The van der Waals surface area contributed by atoms with Gasteiger partial charge in [-0.1, -0.05) is 6.07 Å². The second kappa shape index (κ2) is 5.31. The highest BCUT2D eigenvalue weighted by Gasteiger charge is 2.16. The molecule has 1 N–H and O–H groups in total. The zero-order chi connectivity index (χ0) is 13.1. The first kappa shape index (κ1) is 12.8. The molecule has 2 nitrogen and oxygen atoms in total. The van der Waals surface area contributed by atoms with Crippen molar-refractivity contribution in [3.8, 4) is 0 Å².